The fraction of sp³-hybridized carbons (Fsp3) is 0.750. The van der Waals surface area contributed by atoms with Gasteiger partial charge in [0.2, 0.25) is 0 Å². The summed E-state index contributed by atoms with van der Waals surface area (Å²) < 4.78 is 3.40. The van der Waals surface area contributed by atoms with Crippen LogP contribution >= 0.6 is 15.9 Å². The van der Waals surface area contributed by atoms with Crippen LogP contribution in [0.25, 0.3) is 0 Å². The summed E-state index contributed by atoms with van der Waals surface area (Å²) in [5.41, 5.74) is 1.20. The number of piperidine rings is 1. The standard InChI is InChI=1S/C12H19BrN4/c1-2-3-9-11(13)12-15-7-8-6-14-5-4-10(8)17(12)16-9/h8,10,14-15H,2-7H2,1H3. The summed E-state index contributed by atoms with van der Waals surface area (Å²) in [5, 5.41) is 11.8. The highest BCUT2D eigenvalue weighted by Crippen LogP contribution is 2.37. The van der Waals surface area contributed by atoms with Gasteiger partial charge in [-0.15, -0.1) is 0 Å². The zero-order valence-electron chi connectivity index (χ0n) is 10.2. The first-order chi connectivity index (χ1) is 8.31. The van der Waals surface area contributed by atoms with Gasteiger partial charge in [0.15, 0.2) is 0 Å². The first kappa shape index (κ1) is 11.5. The van der Waals surface area contributed by atoms with Gasteiger partial charge < -0.3 is 10.6 Å². The minimum absolute atomic E-state index is 0.578. The molecule has 2 aliphatic rings. The smallest absolute Gasteiger partial charge is 0.139 e. The van der Waals surface area contributed by atoms with E-state index in [0.29, 0.717) is 12.0 Å². The lowest BCUT2D eigenvalue weighted by Gasteiger charge is -2.37. The molecule has 2 unspecified atom stereocenters. The highest BCUT2D eigenvalue weighted by atomic mass is 79.9. The molecule has 0 aromatic carbocycles. The molecular weight excluding hydrogens is 280 g/mol. The summed E-state index contributed by atoms with van der Waals surface area (Å²) in [6.45, 7) is 5.48. The van der Waals surface area contributed by atoms with Crippen LogP contribution < -0.4 is 10.6 Å². The summed E-state index contributed by atoms with van der Waals surface area (Å²) in [7, 11) is 0. The molecule has 1 saturated heterocycles. The van der Waals surface area contributed by atoms with Crippen molar-refractivity contribution in [2.24, 2.45) is 5.92 Å². The SMILES string of the molecule is CCCc1nn2c(c1Br)NCC1CNCCC12. The van der Waals surface area contributed by atoms with E-state index in [1.54, 1.807) is 0 Å². The lowest BCUT2D eigenvalue weighted by molar-refractivity contribution is 0.236. The largest absolute Gasteiger partial charge is 0.369 e. The molecule has 94 valence electrons. The van der Waals surface area contributed by atoms with Gasteiger partial charge in [0.1, 0.15) is 5.82 Å². The third kappa shape index (κ3) is 1.89. The van der Waals surface area contributed by atoms with E-state index in [-0.39, 0.29) is 0 Å². The zero-order valence-corrected chi connectivity index (χ0v) is 11.8. The van der Waals surface area contributed by atoms with Crippen LogP contribution in [0.3, 0.4) is 0 Å². The molecule has 3 rings (SSSR count). The minimum Gasteiger partial charge on any atom is -0.369 e. The quantitative estimate of drug-likeness (QED) is 0.879. The van der Waals surface area contributed by atoms with Crippen molar-refractivity contribution in [2.45, 2.75) is 32.2 Å². The number of halogens is 1. The first-order valence-corrected chi connectivity index (χ1v) is 7.32. The Morgan fingerprint density at radius 1 is 1.47 bits per heavy atom. The van der Waals surface area contributed by atoms with Crippen LogP contribution in [0.15, 0.2) is 4.47 Å². The minimum atomic E-state index is 0.578. The molecule has 1 aromatic rings. The van der Waals surface area contributed by atoms with E-state index in [1.165, 1.54) is 22.4 Å². The third-order valence-electron chi connectivity index (χ3n) is 3.82. The molecule has 0 saturated carbocycles. The molecule has 4 nitrogen and oxygen atoms in total. The van der Waals surface area contributed by atoms with Gasteiger partial charge in [-0.3, -0.25) is 0 Å². The maximum Gasteiger partial charge on any atom is 0.139 e. The van der Waals surface area contributed by atoms with Crippen LogP contribution in [0.4, 0.5) is 5.82 Å². The van der Waals surface area contributed by atoms with Crippen molar-refractivity contribution in [2.75, 3.05) is 25.0 Å². The maximum absolute atomic E-state index is 4.80. The number of rotatable bonds is 2. The molecule has 0 bridgehead atoms. The van der Waals surface area contributed by atoms with Crippen LogP contribution in [0.5, 0.6) is 0 Å². The second-order valence-electron chi connectivity index (χ2n) is 5.00. The zero-order chi connectivity index (χ0) is 11.8. The Bertz CT molecular complexity index is 415. The monoisotopic (exact) mass is 298 g/mol. The topological polar surface area (TPSA) is 41.9 Å². The Hall–Kier alpha value is -0.550. The van der Waals surface area contributed by atoms with Crippen LogP contribution in [0.2, 0.25) is 0 Å². The van der Waals surface area contributed by atoms with Gasteiger partial charge in [0.25, 0.3) is 0 Å². The number of hydrogen-bond acceptors (Lipinski definition) is 3. The Labute approximate surface area is 110 Å². The van der Waals surface area contributed by atoms with E-state index in [1.807, 2.05) is 0 Å². The normalized spacial score (nSPS) is 27.2. The molecule has 2 N–H and O–H groups in total. The lowest BCUT2D eigenvalue weighted by atomic mass is 9.92. The summed E-state index contributed by atoms with van der Waals surface area (Å²) in [6, 6.07) is 0.578. The van der Waals surface area contributed by atoms with Crippen molar-refractivity contribution < 1.29 is 0 Å². The van der Waals surface area contributed by atoms with Crippen LogP contribution in [0.1, 0.15) is 31.5 Å². The number of nitrogens with one attached hydrogen (secondary N) is 2. The highest BCUT2D eigenvalue weighted by molar-refractivity contribution is 9.10. The molecule has 0 aliphatic carbocycles. The molecule has 5 heteroatoms. The summed E-state index contributed by atoms with van der Waals surface area (Å²) in [4.78, 5) is 0. The summed E-state index contributed by atoms with van der Waals surface area (Å²) in [6.07, 6.45) is 3.39. The lowest BCUT2D eigenvalue weighted by Crippen LogP contribution is -2.44. The van der Waals surface area contributed by atoms with Crippen molar-refractivity contribution in [1.82, 2.24) is 15.1 Å². The van der Waals surface area contributed by atoms with Crippen molar-refractivity contribution in [3.63, 3.8) is 0 Å². The van der Waals surface area contributed by atoms with E-state index in [0.717, 1.165) is 32.5 Å². The third-order valence-corrected chi connectivity index (χ3v) is 4.65. The molecule has 17 heavy (non-hydrogen) atoms. The maximum atomic E-state index is 4.80. The predicted molar refractivity (Wildman–Crippen MR) is 72.4 cm³/mol. The van der Waals surface area contributed by atoms with Crippen LogP contribution in [-0.2, 0) is 6.42 Å². The average Bonchev–Trinajstić information content (AvgIpc) is 2.68. The first-order valence-electron chi connectivity index (χ1n) is 6.52. The fourth-order valence-corrected chi connectivity index (χ4v) is 3.52. The van der Waals surface area contributed by atoms with E-state index in [2.05, 4.69) is 38.2 Å². The molecular formula is C12H19BrN4. The van der Waals surface area contributed by atoms with Gasteiger partial charge in [-0.1, -0.05) is 13.3 Å². The van der Waals surface area contributed by atoms with Crippen molar-refractivity contribution in [1.29, 1.82) is 0 Å². The van der Waals surface area contributed by atoms with Crippen molar-refractivity contribution in [3.05, 3.63) is 10.2 Å². The Balaban J connectivity index is 1.96. The van der Waals surface area contributed by atoms with Crippen LogP contribution in [0, 0.1) is 5.92 Å². The van der Waals surface area contributed by atoms with Crippen molar-refractivity contribution in [3.8, 4) is 0 Å². The molecule has 1 aromatic heterocycles. The predicted octanol–water partition coefficient (Wildman–Crippen LogP) is 2.17. The number of hydrogen-bond donors (Lipinski definition) is 2. The molecule has 2 aliphatic heterocycles. The number of aromatic nitrogens is 2. The van der Waals surface area contributed by atoms with Gasteiger partial charge in [-0.25, -0.2) is 4.68 Å². The van der Waals surface area contributed by atoms with E-state index in [9.17, 15) is 0 Å². The second-order valence-corrected chi connectivity index (χ2v) is 5.80. The highest BCUT2D eigenvalue weighted by Gasteiger charge is 2.34. The number of nitrogens with zero attached hydrogens (tertiary/aromatic N) is 2. The van der Waals surface area contributed by atoms with Gasteiger partial charge in [-0.2, -0.15) is 5.10 Å². The second kappa shape index (κ2) is 4.61. The Morgan fingerprint density at radius 3 is 3.18 bits per heavy atom. The van der Waals surface area contributed by atoms with E-state index >= 15 is 0 Å². The van der Waals surface area contributed by atoms with Crippen LogP contribution in [-0.4, -0.2) is 29.4 Å². The molecule has 3 heterocycles. The molecule has 0 amide bonds. The van der Waals surface area contributed by atoms with E-state index < -0.39 is 0 Å². The number of aryl methyl sites for hydroxylation is 1. The number of fused-ring (bicyclic) bond motifs is 3. The summed E-state index contributed by atoms with van der Waals surface area (Å²) >= 11 is 3.69. The molecule has 1 fully saturated rings. The van der Waals surface area contributed by atoms with Gasteiger partial charge in [0.05, 0.1) is 16.2 Å². The molecule has 0 radical (unpaired) electrons. The Kier molecular flexibility index (Phi) is 3.13. The Morgan fingerprint density at radius 2 is 2.35 bits per heavy atom. The molecule has 0 spiro atoms. The van der Waals surface area contributed by atoms with Crippen molar-refractivity contribution >= 4 is 21.7 Å². The van der Waals surface area contributed by atoms with E-state index in [4.69, 9.17) is 5.10 Å². The average molecular weight is 299 g/mol. The fourth-order valence-electron chi connectivity index (χ4n) is 2.92. The number of anilines is 1. The van der Waals surface area contributed by atoms with Gasteiger partial charge in [-0.05, 0) is 35.3 Å². The summed E-state index contributed by atoms with van der Waals surface area (Å²) in [5.74, 6) is 1.87. The molecule has 2 atom stereocenters. The van der Waals surface area contributed by atoms with Gasteiger partial charge in [0, 0.05) is 19.0 Å². The van der Waals surface area contributed by atoms with Gasteiger partial charge >= 0.3 is 0 Å².